The zero-order chi connectivity index (χ0) is 58.7. The Bertz CT molecular complexity index is 6390. The summed E-state index contributed by atoms with van der Waals surface area (Å²) in [6.45, 7) is 0. The SMILES string of the molecule is c1ccc(-n2c3ccccc3c3c4c5ccccc5n(-c5ccc(-c6cccc7c6sc6cc(-c8ccc9c%10c%11c%12ccccc%12n(-c%12ccccc%12)c%11ccc%10n(-c%10cccc(-c%11ccc%12c(c%11)sc%11ccccc%11%12)c%10)c9c8)ccc67)cc5)c4ccc32)cc1. The lowest BCUT2D eigenvalue weighted by Crippen LogP contribution is -1.95. The molecule has 0 amide bonds. The number of nitrogens with zero attached hydrogens (tertiary/aromatic N) is 4. The molecule has 20 aromatic rings. The molecular formula is C84H50N4S2. The molecule has 6 heteroatoms. The highest BCUT2D eigenvalue weighted by atomic mass is 32.1. The van der Waals surface area contributed by atoms with Crippen molar-refractivity contribution in [2.45, 2.75) is 0 Å². The first-order chi connectivity index (χ1) is 44.6. The molecule has 0 spiro atoms. The summed E-state index contributed by atoms with van der Waals surface area (Å²) in [7, 11) is 0. The minimum Gasteiger partial charge on any atom is -0.309 e. The lowest BCUT2D eigenvalue weighted by Gasteiger charge is -2.12. The summed E-state index contributed by atoms with van der Waals surface area (Å²) in [6.07, 6.45) is 0. The second-order valence-electron chi connectivity index (χ2n) is 23.9. The molecule has 20 rings (SSSR count). The highest BCUT2D eigenvalue weighted by Crippen LogP contribution is 2.48. The van der Waals surface area contributed by atoms with Crippen LogP contribution < -0.4 is 0 Å². The second-order valence-corrected chi connectivity index (χ2v) is 26.0. The van der Waals surface area contributed by atoms with Gasteiger partial charge in [-0.25, -0.2) is 0 Å². The predicted molar refractivity (Wildman–Crippen MR) is 386 cm³/mol. The van der Waals surface area contributed by atoms with Gasteiger partial charge in [0.1, 0.15) is 0 Å². The van der Waals surface area contributed by atoms with Crippen molar-refractivity contribution < 1.29 is 0 Å². The van der Waals surface area contributed by atoms with Gasteiger partial charge < -0.3 is 18.3 Å². The van der Waals surface area contributed by atoms with Gasteiger partial charge in [-0.3, -0.25) is 0 Å². The van der Waals surface area contributed by atoms with E-state index in [9.17, 15) is 0 Å². The van der Waals surface area contributed by atoms with E-state index >= 15 is 0 Å². The summed E-state index contributed by atoms with van der Waals surface area (Å²) in [4.78, 5) is 0. The van der Waals surface area contributed by atoms with Gasteiger partial charge in [0.25, 0.3) is 0 Å². The number of hydrogen-bond acceptors (Lipinski definition) is 2. The first kappa shape index (κ1) is 49.8. The van der Waals surface area contributed by atoms with E-state index in [0.717, 1.165) is 22.7 Å². The maximum Gasteiger partial charge on any atom is 0.0548 e. The summed E-state index contributed by atoms with van der Waals surface area (Å²) in [6, 6.07) is 113. The van der Waals surface area contributed by atoms with Gasteiger partial charge in [0.2, 0.25) is 0 Å². The van der Waals surface area contributed by atoms with E-state index in [1.54, 1.807) is 0 Å². The van der Waals surface area contributed by atoms with Crippen molar-refractivity contribution in [1.29, 1.82) is 0 Å². The van der Waals surface area contributed by atoms with Gasteiger partial charge in [-0.15, -0.1) is 22.7 Å². The molecule has 0 radical (unpaired) electrons. The largest absolute Gasteiger partial charge is 0.309 e. The van der Waals surface area contributed by atoms with Crippen LogP contribution in [0.5, 0.6) is 0 Å². The fourth-order valence-corrected chi connectivity index (χ4v) is 17.7. The summed E-state index contributed by atoms with van der Waals surface area (Å²) in [5.41, 5.74) is 21.4. The van der Waals surface area contributed by atoms with Crippen molar-refractivity contribution in [3.05, 3.63) is 303 Å². The Balaban J connectivity index is 0.718. The van der Waals surface area contributed by atoms with Crippen molar-refractivity contribution in [3.63, 3.8) is 0 Å². The van der Waals surface area contributed by atoms with Crippen LogP contribution >= 0.6 is 22.7 Å². The molecule has 418 valence electrons. The number of thiophene rings is 2. The lowest BCUT2D eigenvalue weighted by atomic mass is 9.99. The van der Waals surface area contributed by atoms with Gasteiger partial charge in [-0.2, -0.15) is 0 Å². The molecule has 0 N–H and O–H groups in total. The highest BCUT2D eigenvalue weighted by molar-refractivity contribution is 7.26. The fraction of sp³-hybridized carbons (Fsp3) is 0. The highest BCUT2D eigenvalue weighted by Gasteiger charge is 2.24. The molecule has 6 heterocycles. The lowest BCUT2D eigenvalue weighted by molar-refractivity contribution is 1.17. The van der Waals surface area contributed by atoms with E-state index in [2.05, 4.69) is 322 Å². The average molecular weight is 1180 g/mol. The summed E-state index contributed by atoms with van der Waals surface area (Å²) >= 11 is 3.77. The van der Waals surface area contributed by atoms with Crippen LogP contribution in [0.4, 0.5) is 0 Å². The molecule has 0 fully saturated rings. The third-order valence-electron chi connectivity index (χ3n) is 19.2. The van der Waals surface area contributed by atoms with Gasteiger partial charge in [0.15, 0.2) is 0 Å². The molecule has 0 aliphatic rings. The van der Waals surface area contributed by atoms with E-state index in [1.807, 2.05) is 22.7 Å². The zero-order valence-electron chi connectivity index (χ0n) is 48.5. The fourth-order valence-electron chi connectivity index (χ4n) is 15.3. The van der Waals surface area contributed by atoms with Gasteiger partial charge in [0, 0.05) is 106 Å². The molecule has 0 aliphatic carbocycles. The van der Waals surface area contributed by atoms with E-state index in [-0.39, 0.29) is 0 Å². The number of hydrogen-bond donors (Lipinski definition) is 0. The molecule has 0 atom stereocenters. The van der Waals surface area contributed by atoms with E-state index in [0.29, 0.717) is 0 Å². The molecule has 4 nitrogen and oxygen atoms in total. The molecule has 6 aromatic heterocycles. The number of fused-ring (bicyclic) bond motifs is 20. The number of rotatable bonds is 7. The first-order valence-electron chi connectivity index (χ1n) is 30.8. The van der Waals surface area contributed by atoms with Crippen molar-refractivity contribution in [2.24, 2.45) is 0 Å². The van der Waals surface area contributed by atoms with Crippen LogP contribution in [0.25, 0.3) is 184 Å². The van der Waals surface area contributed by atoms with Crippen molar-refractivity contribution in [2.75, 3.05) is 0 Å². The Morgan fingerprint density at radius 3 is 1.13 bits per heavy atom. The third-order valence-corrected chi connectivity index (χ3v) is 21.5. The third kappa shape index (κ3) is 7.17. The molecule has 0 bridgehead atoms. The predicted octanol–water partition coefficient (Wildman–Crippen LogP) is 23.8. The number of para-hydroxylation sites is 5. The minimum absolute atomic E-state index is 1.13. The Labute approximate surface area is 524 Å². The molecule has 90 heavy (non-hydrogen) atoms. The summed E-state index contributed by atoms with van der Waals surface area (Å²) in [5.74, 6) is 0. The number of aromatic nitrogens is 4. The van der Waals surface area contributed by atoms with E-state index in [4.69, 9.17) is 0 Å². The van der Waals surface area contributed by atoms with Crippen LogP contribution in [0.15, 0.2) is 303 Å². The quantitative estimate of drug-likeness (QED) is 0.152. The Kier molecular flexibility index (Phi) is 10.6. The maximum atomic E-state index is 2.52. The van der Waals surface area contributed by atoms with E-state index in [1.165, 1.54) is 161 Å². The normalized spacial score (nSPS) is 12.2. The van der Waals surface area contributed by atoms with Gasteiger partial charge in [-0.1, -0.05) is 188 Å². The average Bonchev–Trinajstić information content (AvgIpc) is 1.59. The van der Waals surface area contributed by atoms with Crippen molar-refractivity contribution in [1.82, 2.24) is 18.3 Å². The maximum absolute atomic E-state index is 2.52. The molecule has 0 aliphatic heterocycles. The Morgan fingerprint density at radius 1 is 0.189 bits per heavy atom. The van der Waals surface area contributed by atoms with Gasteiger partial charge in [0.05, 0.1) is 44.1 Å². The molecule has 0 saturated carbocycles. The minimum atomic E-state index is 1.13. The molecule has 14 aromatic carbocycles. The topological polar surface area (TPSA) is 19.7 Å². The number of benzene rings is 14. The standard InChI is InChI=1S/C84H50N4S2/c1-3-18-56(19-4-1)85-69-29-11-7-24-65(69)80-72(85)43-44-74-81(80)67-26-9-13-31-71(67)87(74)58-38-33-51(34-39-58)60-27-16-28-64-63-41-36-55(50-79(63)90-84(60)64)53-37-42-68-76(48-53)88(59-22-15-17-52(47-59)54-35-40-62-61-23-10-14-32-77(61)89-78(62)49-54)75-46-45-73-82(83(68)75)66-25-8-12-30-70(66)86(73)57-20-5-2-6-21-57/h1-50H. The Hall–Kier alpha value is -11.3. The Morgan fingerprint density at radius 2 is 0.567 bits per heavy atom. The zero-order valence-corrected chi connectivity index (χ0v) is 50.1. The van der Waals surface area contributed by atoms with Gasteiger partial charge >= 0.3 is 0 Å². The molecule has 0 unspecified atom stereocenters. The van der Waals surface area contributed by atoms with Crippen molar-refractivity contribution in [3.8, 4) is 56.1 Å². The van der Waals surface area contributed by atoms with E-state index < -0.39 is 0 Å². The summed E-state index contributed by atoms with van der Waals surface area (Å²) < 4.78 is 15.0. The molecule has 0 saturated heterocycles. The van der Waals surface area contributed by atoms with Crippen LogP contribution in [0, 0.1) is 0 Å². The smallest absolute Gasteiger partial charge is 0.0548 e. The first-order valence-corrected chi connectivity index (χ1v) is 32.4. The second kappa shape index (κ2) is 19.1. The van der Waals surface area contributed by atoms with Crippen LogP contribution in [0.3, 0.4) is 0 Å². The molecular weight excluding hydrogens is 1130 g/mol. The van der Waals surface area contributed by atoms with Gasteiger partial charge in [-0.05, 0) is 149 Å². The monoisotopic (exact) mass is 1180 g/mol. The van der Waals surface area contributed by atoms with Crippen LogP contribution in [-0.4, -0.2) is 18.3 Å². The van der Waals surface area contributed by atoms with Crippen LogP contribution in [0.1, 0.15) is 0 Å². The van der Waals surface area contributed by atoms with Crippen molar-refractivity contribution >= 4 is 150 Å². The summed E-state index contributed by atoms with van der Waals surface area (Å²) in [5, 5.41) is 15.3. The van der Waals surface area contributed by atoms with Crippen LogP contribution in [-0.2, 0) is 0 Å². The van der Waals surface area contributed by atoms with Crippen LogP contribution in [0.2, 0.25) is 0 Å².